The zero-order valence-electron chi connectivity index (χ0n) is 18.8. The van der Waals surface area contributed by atoms with Crippen LogP contribution in [0.1, 0.15) is 22.3 Å². The second-order valence-electron chi connectivity index (χ2n) is 8.09. The van der Waals surface area contributed by atoms with E-state index in [9.17, 15) is 13.2 Å². The molecule has 2 aromatic carbocycles. The summed E-state index contributed by atoms with van der Waals surface area (Å²) >= 11 is 0. The van der Waals surface area contributed by atoms with Gasteiger partial charge in [0.1, 0.15) is 0 Å². The Balaban J connectivity index is 1.67. The number of aliphatic hydroxyl groups is 1. The van der Waals surface area contributed by atoms with E-state index < -0.39 is 15.9 Å². The first-order chi connectivity index (χ1) is 15.9. The summed E-state index contributed by atoms with van der Waals surface area (Å²) in [6.45, 7) is 5.10. The molecule has 3 rings (SSSR count). The van der Waals surface area contributed by atoms with E-state index in [0.717, 1.165) is 44.7 Å². The maximum absolute atomic E-state index is 13.4. The smallest absolute Gasteiger partial charge is 0.265 e. The Bertz CT molecular complexity index is 978. The molecule has 1 fully saturated rings. The molecule has 0 aromatic heterocycles. The number of carbonyl (C=O) groups excluding carboxylic acids is 1. The number of hydrogen-bond donors (Lipinski definition) is 3. The number of para-hydroxylation sites is 1. The molecule has 9 nitrogen and oxygen atoms in total. The van der Waals surface area contributed by atoms with Crippen molar-refractivity contribution in [1.82, 2.24) is 15.2 Å². The average Bonchev–Trinajstić information content (AvgIpc) is 2.85. The first-order valence-corrected chi connectivity index (χ1v) is 12.7. The Hall–Kier alpha value is -2.50. The number of piperazine rings is 1. The number of amides is 1. The van der Waals surface area contributed by atoms with E-state index in [4.69, 9.17) is 10.9 Å². The van der Waals surface area contributed by atoms with Crippen LogP contribution in [0.2, 0.25) is 0 Å². The zero-order valence-corrected chi connectivity index (χ0v) is 19.6. The van der Waals surface area contributed by atoms with Crippen molar-refractivity contribution >= 4 is 21.6 Å². The van der Waals surface area contributed by atoms with Crippen LogP contribution in [0.15, 0.2) is 54.6 Å². The summed E-state index contributed by atoms with van der Waals surface area (Å²) < 4.78 is 28.2. The number of nitrogens with two attached hydrogens (primary N) is 1. The van der Waals surface area contributed by atoms with Gasteiger partial charge in [-0.05, 0) is 36.2 Å². The zero-order chi connectivity index (χ0) is 23.7. The molecule has 0 saturated carbocycles. The summed E-state index contributed by atoms with van der Waals surface area (Å²) in [6, 6.07) is 15.8. The molecule has 0 radical (unpaired) electrons. The van der Waals surface area contributed by atoms with Crippen LogP contribution in [-0.4, -0.2) is 80.9 Å². The average molecular weight is 476 g/mol. The molecule has 0 bridgehead atoms. The summed E-state index contributed by atoms with van der Waals surface area (Å²) in [5.41, 5.74) is 3.88. The molecular weight excluding hydrogens is 442 g/mol. The molecule has 0 unspecified atom stereocenters. The van der Waals surface area contributed by atoms with Crippen LogP contribution in [0.4, 0.5) is 5.69 Å². The lowest BCUT2D eigenvalue weighted by molar-refractivity contribution is 0.0953. The van der Waals surface area contributed by atoms with Crippen LogP contribution in [-0.2, 0) is 16.6 Å². The summed E-state index contributed by atoms with van der Waals surface area (Å²) in [4.78, 5) is 16.1. The first kappa shape index (κ1) is 25.1. The predicted octanol–water partition coefficient (Wildman–Crippen LogP) is 0.627. The molecular formula is C23H33N5O4S. The molecule has 1 aliphatic heterocycles. The van der Waals surface area contributed by atoms with Gasteiger partial charge >= 0.3 is 0 Å². The molecule has 33 heavy (non-hydrogen) atoms. The van der Waals surface area contributed by atoms with Gasteiger partial charge in [-0.3, -0.25) is 19.4 Å². The minimum Gasteiger partial charge on any atom is -0.396 e. The van der Waals surface area contributed by atoms with E-state index in [2.05, 4.69) is 15.2 Å². The molecule has 0 atom stereocenters. The largest absolute Gasteiger partial charge is 0.396 e. The minimum atomic E-state index is -3.59. The van der Waals surface area contributed by atoms with Gasteiger partial charge in [0.15, 0.2) is 0 Å². The number of nitrogen functional groups attached to an aromatic ring is 1. The lowest BCUT2D eigenvalue weighted by Crippen LogP contribution is -2.48. The van der Waals surface area contributed by atoms with Crippen LogP contribution < -0.4 is 15.6 Å². The molecule has 1 heterocycles. The van der Waals surface area contributed by atoms with Gasteiger partial charge in [0.2, 0.25) is 10.0 Å². The number of nitrogens with one attached hydrogen (secondary N) is 1. The van der Waals surface area contributed by atoms with Gasteiger partial charge in [-0.2, -0.15) is 0 Å². The van der Waals surface area contributed by atoms with Gasteiger partial charge in [0.25, 0.3) is 5.91 Å². The van der Waals surface area contributed by atoms with Crippen LogP contribution in [0.25, 0.3) is 0 Å². The van der Waals surface area contributed by atoms with Crippen molar-refractivity contribution in [3.63, 3.8) is 0 Å². The van der Waals surface area contributed by atoms with Crippen molar-refractivity contribution in [3.05, 3.63) is 65.7 Å². The van der Waals surface area contributed by atoms with Gasteiger partial charge in [-0.25, -0.2) is 14.3 Å². The quantitative estimate of drug-likeness (QED) is 0.248. The number of nitrogens with zero attached hydrogens (tertiary/aromatic N) is 3. The second kappa shape index (κ2) is 12.1. The number of sulfonamides is 1. The Morgan fingerprint density at radius 1 is 0.970 bits per heavy atom. The topological polar surface area (TPSA) is 119 Å². The van der Waals surface area contributed by atoms with Crippen LogP contribution in [0.3, 0.4) is 0 Å². The number of benzene rings is 2. The number of rotatable bonds is 11. The highest BCUT2D eigenvalue weighted by atomic mass is 32.2. The summed E-state index contributed by atoms with van der Waals surface area (Å²) in [5.74, 6) is 4.80. The highest BCUT2D eigenvalue weighted by Gasteiger charge is 2.25. The van der Waals surface area contributed by atoms with Crippen molar-refractivity contribution in [2.45, 2.75) is 13.0 Å². The number of hydrogen-bond acceptors (Lipinski definition) is 7. The third-order valence-corrected chi connectivity index (χ3v) is 7.53. The lowest BCUT2D eigenvalue weighted by atomic mass is 10.1. The fourth-order valence-electron chi connectivity index (χ4n) is 3.84. The Morgan fingerprint density at radius 3 is 2.15 bits per heavy atom. The van der Waals surface area contributed by atoms with Crippen LogP contribution in [0, 0.1) is 0 Å². The molecule has 0 spiro atoms. The van der Waals surface area contributed by atoms with Crippen molar-refractivity contribution in [2.24, 2.45) is 5.84 Å². The second-order valence-corrected chi connectivity index (χ2v) is 10.1. The van der Waals surface area contributed by atoms with Crippen molar-refractivity contribution in [2.75, 3.05) is 55.9 Å². The summed E-state index contributed by atoms with van der Waals surface area (Å²) in [7, 11) is -3.59. The van der Waals surface area contributed by atoms with E-state index in [1.165, 1.54) is 4.31 Å². The Labute approximate surface area is 195 Å². The van der Waals surface area contributed by atoms with E-state index in [-0.39, 0.29) is 18.9 Å². The van der Waals surface area contributed by atoms with Gasteiger partial charge in [0.05, 0.1) is 18.0 Å². The molecule has 4 N–H and O–H groups in total. The highest BCUT2D eigenvalue weighted by Crippen LogP contribution is 2.22. The van der Waals surface area contributed by atoms with Crippen molar-refractivity contribution < 1.29 is 18.3 Å². The van der Waals surface area contributed by atoms with Crippen LogP contribution >= 0.6 is 0 Å². The molecule has 10 heteroatoms. The fourth-order valence-corrected chi connectivity index (χ4v) is 5.34. The van der Waals surface area contributed by atoms with Crippen molar-refractivity contribution in [3.8, 4) is 0 Å². The monoisotopic (exact) mass is 475 g/mol. The summed E-state index contributed by atoms with van der Waals surface area (Å²) in [6.07, 6.45) is 0.762. The molecule has 1 saturated heterocycles. The minimum absolute atomic E-state index is 0.0200. The maximum Gasteiger partial charge on any atom is 0.265 e. The standard InChI is InChI=1S/C23H33N5O4S/c24-25-23(30)21-9-7-20(8-10-21)19-28(22-5-2-1-3-6-22)33(31,32)18-16-27-14-12-26(13-15-27)11-4-17-29/h1-3,5-10,29H,4,11-19,24H2,(H,25,30). The number of carbonyl (C=O) groups is 1. The normalized spacial score (nSPS) is 15.3. The van der Waals surface area contributed by atoms with Gasteiger partial charge in [-0.1, -0.05) is 30.3 Å². The lowest BCUT2D eigenvalue weighted by Gasteiger charge is -2.35. The van der Waals surface area contributed by atoms with Gasteiger partial charge in [0, 0.05) is 51.4 Å². The Kier molecular flexibility index (Phi) is 9.21. The number of hydrazine groups is 1. The molecule has 0 aliphatic carbocycles. The van der Waals surface area contributed by atoms with E-state index in [0.29, 0.717) is 17.8 Å². The number of aliphatic hydroxyl groups excluding tert-OH is 1. The first-order valence-electron chi connectivity index (χ1n) is 11.1. The third kappa shape index (κ3) is 7.24. The van der Waals surface area contributed by atoms with Crippen molar-refractivity contribution in [1.29, 1.82) is 0 Å². The van der Waals surface area contributed by atoms with Crippen LogP contribution in [0.5, 0.6) is 0 Å². The van der Waals surface area contributed by atoms with E-state index in [1.807, 2.05) is 18.2 Å². The Morgan fingerprint density at radius 2 is 1.58 bits per heavy atom. The van der Waals surface area contributed by atoms with E-state index in [1.54, 1.807) is 36.4 Å². The van der Waals surface area contributed by atoms with Gasteiger partial charge < -0.3 is 10.0 Å². The SMILES string of the molecule is NNC(=O)c1ccc(CN(c2ccccc2)S(=O)(=O)CCN2CCN(CCCO)CC2)cc1. The molecule has 1 aliphatic rings. The summed E-state index contributed by atoms with van der Waals surface area (Å²) in [5, 5.41) is 8.99. The number of anilines is 1. The fraction of sp³-hybridized carbons (Fsp3) is 0.435. The molecule has 2 aromatic rings. The third-order valence-electron chi connectivity index (χ3n) is 5.82. The van der Waals surface area contributed by atoms with Gasteiger partial charge in [-0.15, -0.1) is 0 Å². The van der Waals surface area contributed by atoms with E-state index >= 15 is 0 Å². The molecule has 180 valence electrons. The maximum atomic E-state index is 13.4. The molecule has 1 amide bonds. The highest BCUT2D eigenvalue weighted by molar-refractivity contribution is 7.92. The predicted molar refractivity (Wildman–Crippen MR) is 129 cm³/mol.